The van der Waals surface area contributed by atoms with E-state index in [4.69, 9.17) is 12.2 Å². The topological polar surface area (TPSA) is 43.9 Å². The van der Waals surface area contributed by atoms with Crippen LogP contribution in [0.5, 0.6) is 0 Å². The van der Waals surface area contributed by atoms with Crippen molar-refractivity contribution >= 4 is 57.1 Å². The van der Waals surface area contributed by atoms with E-state index in [1.807, 2.05) is 56.3 Å². The molecule has 0 aliphatic carbocycles. The molecule has 0 aromatic heterocycles. The monoisotopic (exact) mass is 451 g/mol. The Labute approximate surface area is 192 Å². The largest absolute Gasteiger partial charge is 0.294 e. The van der Waals surface area contributed by atoms with Crippen LogP contribution in [-0.2, 0) is 9.59 Å². The van der Waals surface area contributed by atoms with Gasteiger partial charge in [-0.25, -0.2) is 0 Å². The lowest BCUT2D eigenvalue weighted by atomic mass is 10.1. The first kappa shape index (κ1) is 21.7. The molecule has 5 nitrogen and oxygen atoms in total. The van der Waals surface area contributed by atoms with Gasteiger partial charge in [0.25, 0.3) is 11.8 Å². The Morgan fingerprint density at radius 2 is 1.68 bits per heavy atom. The molecule has 0 atom stereocenters. The lowest BCUT2D eigenvalue weighted by Gasteiger charge is -2.25. The molecule has 2 heterocycles. The molecule has 0 spiro atoms. The van der Waals surface area contributed by atoms with Crippen molar-refractivity contribution in [2.75, 3.05) is 29.6 Å². The number of hydrogen-bond acceptors (Lipinski definition) is 5. The van der Waals surface area contributed by atoms with Crippen molar-refractivity contribution < 1.29 is 9.59 Å². The second-order valence-electron chi connectivity index (χ2n) is 7.70. The predicted octanol–water partition coefficient (Wildman–Crippen LogP) is 4.73. The number of carbonyl (C=O) groups excluding carboxylic acids is 2. The summed E-state index contributed by atoms with van der Waals surface area (Å²) in [5, 5.41) is 0. The molecule has 1 fully saturated rings. The Morgan fingerprint density at radius 3 is 2.35 bits per heavy atom. The van der Waals surface area contributed by atoms with Gasteiger partial charge in [-0.1, -0.05) is 73.7 Å². The number of benzene rings is 2. The van der Waals surface area contributed by atoms with Crippen LogP contribution in [0.2, 0.25) is 0 Å². The van der Waals surface area contributed by atoms with Crippen LogP contribution >= 0.6 is 24.0 Å². The molecule has 7 heteroatoms. The molecule has 4 rings (SSSR count). The lowest BCUT2D eigenvalue weighted by Crippen LogP contribution is -2.39. The summed E-state index contributed by atoms with van der Waals surface area (Å²) in [5.41, 5.74) is 4.95. The Balaban J connectivity index is 1.79. The summed E-state index contributed by atoms with van der Waals surface area (Å²) in [7, 11) is 0. The van der Waals surface area contributed by atoms with E-state index in [-0.39, 0.29) is 11.8 Å². The molecule has 2 aliphatic rings. The van der Waals surface area contributed by atoms with Crippen LogP contribution in [0, 0.1) is 13.8 Å². The first-order valence-electron chi connectivity index (χ1n) is 10.4. The minimum absolute atomic E-state index is 0.144. The Bertz CT molecular complexity index is 1120. The van der Waals surface area contributed by atoms with Crippen molar-refractivity contribution in [2.45, 2.75) is 27.7 Å². The number of para-hydroxylation sites is 1. The first-order valence-corrected chi connectivity index (χ1v) is 11.6. The molecule has 2 aromatic carbocycles. The van der Waals surface area contributed by atoms with Gasteiger partial charge in [-0.15, -0.1) is 0 Å². The molecule has 1 saturated heterocycles. The molecule has 0 N–H and O–H groups in total. The van der Waals surface area contributed by atoms with E-state index >= 15 is 0 Å². The van der Waals surface area contributed by atoms with Gasteiger partial charge in [-0.3, -0.25) is 24.3 Å². The number of carbonyl (C=O) groups is 2. The zero-order valence-electron chi connectivity index (χ0n) is 18.1. The SMILES string of the molecule is CCN(CC)CN1C(=O)C(=C2SC(=S)N(c3ccc(C)cc3C)C2=O)c2ccccc21. The van der Waals surface area contributed by atoms with E-state index in [2.05, 4.69) is 18.7 Å². The number of aryl methyl sites for hydroxylation is 2. The Morgan fingerprint density at radius 1 is 0.968 bits per heavy atom. The zero-order chi connectivity index (χ0) is 22.3. The van der Waals surface area contributed by atoms with E-state index in [0.29, 0.717) is 21.5 Å². The van der Waals surface area contributed by atoms with Crippen molar-refractivity contribution in [3.63, 3.8) is 0 Å². The molecule has 0 radical (unpaired) electrons. The third kappa shape index (κ3) is 3.71. The standard InChI is InChI=1S/C24H25N3O2S2/c1-5-25(6-2)14-26-19-10-8-7-9-17(19)20(22(26)28)21-23(29)27(24(30)31-21)18-12-11-15(3)13-16(18)4/h7-13H,5-6,14H2,1-4H3. The fourth-order valence-electron chi connectivity index (χ4n) is 4.05. The summed E-state index contributed by atoms with van der Waals surface area (Å²) in [6.45, 7) is 10.3. The van der Waals surface area contributed by atoms with Gasteiger partial charge in [0.05, 0.1) is 28.5 Å². The van der Waals surface area contributed by atoms with Gasteiger partial charge in [0.15, 0.2) is 4.32 Å². The van der Waals surface area contributed by atoms with Gasteiger partial charge in [-0.05, 0) is 44.6 Å². The number of hydrogen-bond donors (Lipinski definition) is 0. The van der Waals surface area contributed by atoms with E-state index < -0.39 is 0 Å². The van der Waals surface area contributed by atoms with Gasteiger partial charge in [0.1, 0.15) is 0 Å². The highest BCUT2D eigenvalue weighted by Gasteiger charge is 2.43. The summed E-state index contributed by atoms with van der Waals surface area (Å²) < 4.78 is 0.451. The minimum Gasteiger partial charge on any atom is -0.294 e. The quantitative estimate of drug-likeness (QED) is 0.486. The van der Waals surface area contributed by atoms with Crippen LogP contribution in [-0.4, -0.2) is 40.8 Å². The van der Waals surface area contributed by atoms with Crippen molar-refractivity contribution in [3.05, 3.63) is 64.1 Å². The molecular weight excluding hydrogens is 426 g/mol. The van der Waals surface area contributed by atoms with Crippen LogP contribution in [0.1, 0.15) is 30.5 Å². The number of rotatable bonds is 5. The van der Waals surface area contributed by atoms with Gasteiger partial charge in [0.2, 0.25) is 0 Å². The lowest BCUT2D eigenvalue weighted by molar-refractivity contribution is -0.115. The van der Waals surface area contributed by atoms with E-state index in [1.165, 1.54) is 11.8 Å². The number of anilines is 2. The maximum absolute atomic E-state index is 13.5. The average molecular weight is 452 g/mol. The number of amides is 2. The van der Waals surface area contributed by atoms with Crippen molar-refractivity contribution in [3.8, 4) is 0 Å². The van der Waals surface area contributed by atoms with Crippen LogP contribution in [0.3, 0.4) is 0 Å². The predicted molar refractivity (Wildman–Crippen MR) is 132 cm³/mol. The third-order valence-electron chi connectivity index (χ3n) is 5.75. The van der Waals surface area contributed by atoms with E-state index in [9.17, 15) is 9.59 Å². The molecular formula is C24H25N3O2S2. The van der Waals surface area contributed by atoms with Crippen molar-refractivity contribution in [2.24, 2.45) is 0 Å². The van der Waals surface area contributed by atoms with Gasteiger partial charge >= 0.3 is 0 Å². The zero-order valence-corrected chi connectivity index (χ0v) is 19.8. The Hall–Kier alpha value is -2.48. The highest BCUT2D eigenvalue weighted by atomic mass is 32.2. The number of fused-ring (bicyclic) bond motifs is 1. The molecule has 2 amide bonds. The fourth-order valence-corrected chi connectivity index (χ4v) is 5.40. The van der Waals surface area contributed by atoms with Crippen molar-refractivity contribution in [1.29, 1.82) is 0 Å². The second kappa shape index (κ2) is 8.57. The summed E-state index contributed by atoms with van der Waals surface area (Å²) in [5.74, 6) is -0.376. The molecule has 160 valence electrons. The van der Waals surface area contributed by atoms with Crippen molar-refractivity contribution in [1.82, 2.24) is 4.90 Å². The maximum Gasteiger partial charge on any atom is 0.271 e. The Kier molecular flexibility index (Phi) is 6.01. The van der Waals surface area contributed by atoms with Crippen LogP contribution in [0.25, 0.3) is 5.57 Å². The summed E-state index contributed by atoms with van der Waals surface area (Å²) in [6.07, 6.45) is 0. The highest BCUT2D eigenvalue weighted by molar-refractivity contribution is 8.27. The maximum atomic E-state index is 13.5. The molecule has 0 bridgehead atoms. The molecule has 2 aromatic rings. The highest BCUT2D eigenvalue weighted by Crippen LogP contribution is 2.45. The van der Waals surface area contributed by atoms with E-state index in [0.717, 1.165) is 41.2 Å². The number of thioether (sulfide) groups is 1. The van der Waals surface area contributed by atoms with Crippen LogP contribution in [0.15, 0.2) is 47.4 Å². The molecule has 0 unspecified atom stereocenters. The smallest absolute Gasteiger partial charge is 0.271 e. The first-order chi connectivity index (χ1) is 14.9. The third-order valence-corrected chi connectivity index (χ3v) is 7.12. The van der Waals surface area contributed by atoms with Crippen LogP contribution < -0.4 is 9.80 Å². The summed E-state index contributed by atoms with van der Waals surface area (Å²) in [4.78, 5) is 33.0. The van der Waals surface area contributed by atoms with Gasteiger partial charge in [0, 0.05) is 5.56 Å². The normalized spacial score (nSPS) is 18.5. The van der Waals surface area contributed by atoms with Crippen LogP contribution in [0.4, 0.5) is 11.4 Å². The minimum atomic E-state index is -0.232. The van der Waals surface area contributed by atoms with Gasteiger partial charge in [-0.2, -0.15) is 0 Å². The molecule has 0 saturated carbocycles. The summed E-state index contributed by atoms with van der Waals surface area (Å²) >= 11 is 6.79. The molecule has 31 heavy (non-hydrogen) atoms. The fraction of sp³-hybridized carbons (Fsp3) is 0.292. The van der Waals surface area contributed by atoms with E-state index in [1.54, 1.807) is 9.80 Å². The number of thiocarbonyl (C=S) groups is 1. The molecule has 2 aliphatic heterocycles. The second-order valence-corrected chi connectivity index (χ2v) is 9.34. The number of nitrogens with zero attached hydrogens (tertiary/aromatic N) is 3. The summed E-state index contributed by atoms with van der Waals surface area (Å²) in [6, 6.07) is 13.6. The van der Waals surface area contributed by atoms with Gasteiger partial charge < -0.3 is 0 Å². The average Bonchev–Trinajstić information content (AvgIpc) is 3.19.